The molecule has 0 heterocycles. The Hall–Kier alpha value is -2.50. The molecule has 2 N–H and O–H groups in total. The third kappa shape index (κ3) is 5.47. The Kier molecular flexibility index (Phi) is 6.95. The summed E-state index contributed by atoms with van der Waals surface area (Å²) in [4.78, 5) is 23.1. The van der Waals surface area contributed by atoms with Gasteiger partial charge >= 0.3 is 11.9 Å². The van der Waals surface area contributed by atoms with Gasteiger partial charge in [-0.1, -0.05) is 26.0 Å². The molecule has 6 nitrogen and oxygen atoms in total. The van der Waals surface area contributed by atoms with E-state index >= 15 is 0 Å². The smallest absolute Gasteiger partial charge is 0.354 e. The van der Waals surface area contributed by atoms with Gasteiger partial charge in [-0.05, 0) is 18.1 Å². The van der Waals surface area contributed by atoms with Crippen LogP contribution in [0, 0.1) is 5.92 Å². The number of para-hydroxylation sites is 2. The van der Waals surface area contributed by atoms with Crippen molar-refractivity contribution in [1.82, 2.24) is 0 Å². The fourth-order valence-electron chi connectivity index (χ4n) is 1.64. The van der Waals surface area contributed by atoms with Crippen LogP contribution >= 0.6 is 0 Å². The molecule has 0 saturated carbocycles. The molecule has 0 aliphatic heterocycles. The Labute approximate surface area is 130 Å². The van der Waals surface area contributed by atoms with Crippen LogP contribution in [0.3, 0.4) is 0 Å². The van der Waals surface area contributed by atoms with Crippen molar-refractivity contribution >= 4 is 23.3 Å². The molecule has 1 rings (SSSR count). The first-order valence-corrected chi connectivity index (χ1v) is 6.95. The number of benzene rings is 1. The highest BCUT2D eigenvalue weighted by Crippen LogP contribution is 2.23. The van der Waals surface area contributed by atoms with Gasteiger partial charge in [0.25, 0.3) is 0 Å². The topological polar surface area (TPSA) is 76.7 Å². The van der Waals surface area contributed by atoms with Gasteiger partial charge in [-0.25, -0.2) is 9.59 Å². The Morgan fingerprint density at radius 3 is 2.32 bits per heavy atom. The molecule has 6 heteroatoms. The lowest BCUT2D eigenvalue weighted by Crippen LogP contribution is -2.17. The number of esters is 2. The van der Waals surface area contributed by atoms with Gasteiger partial charge in [0.1, 0.15) is 5.70 Å². The second-order valence-electron chi connectivity index (χ2n) is 5.02. The molecule has 0 saturated heterocycles. The third-order valence-electron chi connectivity index (χ3n) is 2.77. The quantitative estimate of drug-likeness (QED) is 0.595. The molecule has 1 aromatic carbocycles. The summed E-state index contributed by atoms with van der Waals surface area (Å²) in [6.07, 6.45) is 1.06. The van der Waals surface area contributed by atoms with Gasteiger partial charge in [-0.15, -0.1) is 0 Å². The Morgan fingerprint density at radius 2 is 1.77 bits per heavy atom. The first-order valence-electron chi connectivity index (χ1n) is 6.95. The fourth-order valence-corrected chi connectivity index (χ4v) is 1.64. The maximum atomic E-state index is 11.8. The van der Waals surface area contributed by atoms with E-state index in [4.69, 9.17) is 0 Å². The number of rotatable bonds is 7. The minimum Gasteiger partial charge on any atom is -0.466 e. The summed E-state index contributed by atoms with van der Waals surface area (Å²) in [5.74, 6) is -0.816. The van der Waals surface area contributed by atoms with Crippen LogP contribution in [0.25, 0.3) is 0 Å². The molecule has 0 spiro atoms. The largest absolute Gasteiger partial charge is 0.466 e. The predicted molar refractivity (Wildman–Crippen MR) is 85.5 cm³/mol. The van der Waals surface area contributed by atoms with Crippen LogP contribution in [0.1, 0.15) is 13.8 Å². The summed E-state index contributed by atoms with van der Waals surface area (Å²) in [6, 6.07) is 7.40. The van der Waals surface area contributed by atoms with E-state index in [0.29, 0.717) is 11.6 Å². The minimum atomic E-state index is -0.649. The van der Waals surface area contributed by atoms with E-state index in [9.17, 15) is 9.59 Å². The SMILES string of the molecule is COC(=O)/C=C(/Nc1ccccc1NCC(C)C)C(=O)OC. The Bertz CT molecular complexity index is 553. The van der Waals surface area contributed by atoms with Gasteiger partial charge in [-0.2, -0.15) is 0 Å². The molecular formula is C16H22N2O4. The maximum absolute atomic E-state index is 11.8. The third-order valence-corrected chi connectivity index (χ3v) is 2.77. The second-order valence-corrected chi connectivity index (χ2v) is 5.02. The monoisotopic (exact) mass is 306 g/mol. The zero-order valence-electron chi connectivity index (χ0n) is 13.3. The summed E-state index contributed by atoms with van der Waals surface area (Å²) < 4.78 is 9.21. The van der Waals surface area contributed by atoms with Crippen LogP contribution in [0.4, 0.5) is 11.4 Å². The fraction of sp³-hybridized carbons (Fsp3) is 0.375. The highest BCUT2D eigenvalue weighted by atomic mass is 16.5. The van der Waals surface area contributed by atoms with E-state index in [-0.39, 0.29) is 5.70 Å². The van der Waals surface area contributed by atoms with E-state index in [1.165, 1.54) is 14.2 Å². The molecule has 1 aromatic rings. The van der Waals surface area contributed by atoms with Gasteiger partial charge in [-0.3, -0.25) is 0 Å². The number of hydrogen-bond acceptors (Lipinski definition) is 6. The first kappa shape index (κ1) is 17.6. The molecule has 0 unspecified atom stereocenters. The van der Waals surface area contributed by atoms with Gasteiger partial charge in [0.05, 0.1) is 31.7 Å². The number of carbonyl (C=O) groups excluding carboxylic acids is 2. The van der Waals surface area contributed by atoms with Crippen LogP contribution in [0.5, 0.6) is 0 Å². The van der Waals surface area contributed by atoms with Crippen molar-refractivity contribution in [2.24, 2.45) is 5.92 Å². The molecule has 0 atom stereocenters. The highest BCUT2D eigenvalue weighted by Gasteiger charge is 2.14. The van der Waals surface area contributed by atoms with E-state index in [1.807, 2.05) is 18.2 Å². The van der Waals surface area contributed by atoms with Crippen molar-refractivity contribution in [3.63, 3.8) is 0 Å². The summed E-state index contributed by atoms with van der Waals surface area (Å²) >= 11 is 0. The molecule has 0 bridgehead atoms. The van der Waals surface area contributed by atoms with E-state index in [2.05, 4.69) is 34.0 Å². The highest BCUT2D eigenvalue weighted by molar-refractivity contribution is 5.99. The van der Waals surface area contributed by atoms with Crippen molar-refractivity contribution in [3.8, 4) is 0 Å². The van der Waals surface area contributed by atoms with Crippen molar-refractivity contribution in [2.45, 2.75) is 13.8 Å². The van der Waals surface area contributed by atoms with Crippen LogP contribution in [0.2, 0.25) is 0 Å². The molecule has 0 aromatic heterocycles. The van der Waals surface area contributed by atoms with Gasteiger partial charge in [0, 0.05) is 6.54 Å². The number of hydrogen-bond donors (Lipinski definition) is 2. The Morgan fingerprint density at radius 1 is 1.14 bits per heavy atom. The molecule has 0 amide bonds. The summed E-state index contributed by atoms with van der Waals surface area (Å²) in [5.41, 5.74) is 1.51. The molecule has 22 heavy (non-hydrogen) atoms. The standard InChI is InChI=1S/C16H22N2O4/c1-11(2)10-17-12-7-5-6-8-13(12)18-14(16(20)22-4)9-15(19)21-3/h5-9,11,17-18H,10H2,1-4H3/b14-9+. The average molecular weight is 306 g/mol. The lowest BCUT2D eigenvalue weighted by molar-refractivity contribution is -0.138. The van der Waals surface area contributed by atoms with E-state index in [1.54, 1.807) is 6.07 Å². The molecule has 0 fully saturated rings. The van der Waals surface area contributed by atoms with Crippen LogP contribution in [-0.2, 0) is 19.1 Å². The summed E-state index contributed by atoms with van der Waals surface area (Å²) in [6.45, 7) is 4.98. The first-order chi connectivity index (χ1) is 10.5. The van der Waals surface area contributed by atoms with E-state index < -0.39 is 11.9 Å². The maximum Gasteiger partial charge on any atom is 0.354 e. The Balaban J connectivity index is 3.00. The normalized spacial score (nSPS) is 11.0. The number of methoxy groups -OCH3 is 2. The molecule has 0 radical (unpaired) electrons. The van der Waals surface area contributed by atoms with E-state index in [0.717, 1.165) is 18.3 Å². The number of anilines is 2. The lowest BCUT2D eigenvalue weighted by atomic mass is 10.2. The summed E-state index contributed by atoms with van der Waals surface area (Å²) in [7, 11) is 2.49. The number of nitrogens with one attached hydrogen (secondary N) is 2. The van der Waals surface area contributed by atoms with Gasteiger partial charge in [0.2, 0.25) is 0 Å². The lowest BCUT2D eigenvalue weighted by Gasteiger charge is -2.16. The number of ether oxygens (including phenoxy) is 2. The molecule has 0 aliphatic rings. The van der Waals surface area contributed by atoms with Crippen molar-refractivity contribution < 1.29 is 19.1 Å². The van der Waals surface area contributed by atoms with Crippen molar-refractivity contribution in [1.29, 1.82) is 0 Å². The van der Waals surface area contributed by atoms with Crippen LogP contribution < -0.4 is 10.6 Å². The zero-order chi connectivity index (χ0) is 16.5. The molecular weight excluding hydrogens is 284 g/mol. The zero-order valence-corrected chi connectivity index (χ0v) is 13.3. The van der Waals surface area contributed by atoms with Crippen molar-refractivity contribution in [2.75, 3.05) is 31.4 Å². The van der Waals surface area contributed by atoms with Gasteiger partial charge < -0.3 is 20.1 Å². The summed E-state index contributed by atoms with van der Waals surface area (Å²) in [5, 5.41) is 6.19. The van der Waals surface area contributed by atoms with Crippen LogP contribution in [-0.4, -0.2) is 32.7 Å². The average Bonchev–Trinajstić information content (AvgIpc) is 2.52. The molecule has 120 valence electrons. The van der Waals surface area contributed by atoms with Crippen LogP contribution in [0.15, 0.2) is 36.0 Å². The molecule has 0 aliphatic carbocycles. The second kappa shape index (κ2) is 8.71. The van der Waals surface area contributed by atoms with Crippen molar-refractivity contribution in [3.05, 3.63) is 36.0 Å². The van der Waals surface area contributed by atoms with Gasteiger partial charge in [0.15, 0.2) is 0 Å². The predicted octanol–water partition coefficient (Wildman–Crippen LogP) is 2.40. The number of carbonyl (C=O) groups is 2. The minimum absolute atomic E-state index is 0.00754.